The first kappa shape index (κ1) is 30.8. The van der Waals surface area contributed by atoms with Crippen LogP contribution in [0.15, 0.2) is 200 Å². The highest BCUT2D eigenvalue weighted by Gasteiger charge is 2.41. The molecule has 0 radical (unpaired) electrons. The third-order valence-corrected chi connectivity index (χ3v) is 10.1. The molecule has 250 valence electrons. The van der Waals surface area contributed by atoms with Gasteiger partial charge in [0.05, 0.1) is 0 Å². The topological polar surface area (TPSA) is 24.9 Å². The van der Waals surface area contributed by atoms with E-state index >= 15 is 0 Å². The summed E-state index contributed by atoms with van der Waals surface area (Å²) < 4.78 is 13.9. The van der Waals surface area contributed by atoms with Crippen LogP contribution in [-0.4, -0.2) is 6.71 Å². The number of nitrogens with zero attached hydrogens (tertiary/aromatic N) is 2. The average Bonchev–Trinajstić information content (AvgIpc) is 3.22. The maximum atomic E-state index is 6.93. The number of anilines is 6. The van der Waals surface area contributed by atoms with Crippen LogP contribution in [0.1, 0.15) is 0 Å². The maximum Gasteiger partial charge on any atom is 0.260 e. The number of hydrogen-bond acceptors (Lipinski definition) is 4. The third kappa shape index (κ3) is 5.51. The van der Waals surface area contributed by atoms with Crippen LogP contribution in [0.5, 0.6) is 23.0 Å². The lowest BCUT2D eigenvalue weighted by atomic mass is 9.35. The minimum absolute atomic E-state index is 0.0794. The number of benzene rings is 8. The zero-order valence-corrected chi connectivity index (χ0v) is 28.8. The summed E-state index contributed by atoms with van der Waals surface area (Å²) in [4.78, 5) is 4.55. The summed E-state index contributed by atoms with van der Waals surface area (Å²) in [5, 5.41) is 0. The van der Waals surface area contributed by atoms with Crippen molar-refractivity contribution in [3.63, 3.8) is 0 Å². The molecule has 10 rings (SSSR count). The van der Waals surface area contributed by atoms with E-state index in [4.69, 9.17) is 9.47 Å². The first-order valence-electron chi connectivity index (χ1n) is 18.0. The highest BCUT2D eigenvalue weighted by Crippen LogP contribution is 2.43. The molecule has 2 heterocycles. The molecule has 0 bridgehead atoms. The molecule has 2 aliphatic heterocycles. The van der Waals surface area contributed by atoms with Gasteiger partial charge in [-0.15, -0.1) is 0 Å². The molecular formula is C48H33BN2O2. The molecule has 2 aliphatic rings. The van der Waals surface area contributed by atoms with Crippen molar-refractivity contribution in [1.29, 1.82) is 0 Å². The van der Waals surface area contributed by atoms with Gasteiger partial charge in [0.1, 0.15) is 23.0 Å². The molecule has 5 heteroatoms. The zero-order chi connectivity index (χ0) is 35.1. The van der Waals surface area contributed by atoms with Gasteiger partial charge in [0, 0.05) is 51.7 Å². The van der Waals surface area contributed by atoms with E-state index in [9.17, 15) is 0 Å². The molecule has 0 saturated carbocycles. The quantitative estimate of drug-likeness (QED) is 0.157. The Hall–Kier alpha value is -6.98. The van der Waals surface area contributed by atoms with Gasteiger partial charge in [0.25, 0.3) is 6.71 Å². The Bertz CT molecular complexity index is 2330. The molecule has 0 spiro atoms. The van der Waals surface area contributed by atoms with E-state index in [0.29, 0.717) is 0 Å². The summed E-state index contributed by atoms with van der Waals surface area (Å²) in [5.41, 5.74) is 11.8. The van der Waals surface area contributed by atoms with Crippen LogP contribution in [0.2, 0.25) is 0 Å². The summed E-state index contributed by atoms with van der Waals surface area (Å²) in [6.07, 6.45) is 0. The minimum Gasteiger partial charge on any atom is -0.458 e. The van der Waals surface area contributed by atoms with Gasteiger partial charge in [-0.25, -0.2) is 0 Å². The first-order chi connectivity index (χ1) is 26.3. The van der Waals surface area contributed by atoms with Crippen LogP contribution in [-0.2, 0) is 0 Å². The van der Waals surface area contributed by atoms with Gasteiger partial charge in [0.15, 0.2) is 0 Å². The van der Waals surface area contributed by atoms with Crippen LogP contribution in [0.25, 0.3) is 11.1 Å². The molecule has 0 amide bonds. The van der Waals surface area contributed by atoms with Gasteiger partial charge in [-0.1, -0.05) is 115 Å². The van der Waals surface area contributed by atoms with E-state index in [1.54, 1.807) is 0 Å². The monoisotopic (exact) mass is 680 g/mol. The van der Waals surface area contributed by atoms with Gasteiger partial charge >= 0.3 is 0 Å². The number of ether oxygens (including phenoxy) is 2. The van der Waals surface area contributed by atoms with E-state index in [-0.39, 0.29) is 6.71 Å². The van der Waals surface area contributed by atoms with E-state index < -0.39 is 0 Å². The number of hydrogen-bond donors (Lipinski definition) is 0. The summed E-state index contributed by atoms with van der Waals surface area (Å²) in [6, 6.07) is 69.9. The largest absolute Gasteiger partial charge is 0.458 e. The van der Waals surface area contributed by atoms with Crippen molar-refractivity contribution in [2.75, 3.05) is 9.80 Å². The SMILES string of the molecule is c1ccc(-c2cc3c4c(c2)Oc2cc(N(c5ccccc5)c5ccccc5)ccc2B4c2ccc(N(c4ccccc4)c4ccccc4)cc2O3)cc1. The average molecular weight is 681 g/mol. The minimum atomic E-state index is -0.0794. The highest BCUT2D eigenvalue weighted by atomic mass is 16.5. The molecule has 0 aliphatic carbocycles. The number of fused-ring (bicyclic) bond motifs is 4. The number of rotatable bonds is 7. The molecule has 0 fully saturated rings. The lowest BCUT2D eigenvalue weighted by Gasteiger charge is -2.35. The van der Waals surface area contributed by atoms with Gasteiger partial charge in [-0.3, -0.25) is 0 Å². The fraction of sp³-hybridized carbons (Fsp3) is 0. The summed E-state index contributed by atoms with van der Waals surface area (Å²) in [5.74, 6) is 3.29. The molecule has 53 heavy (non-hydrogen) atoms. The second-order valence-electron chi connectivity index (χ2n) is 13.3. The van der Waals surface area contributed by atoms with Gasteiger partial charge in [-0.2, -0.15) is 0 Å². The Morgan fingerprint density at radius 2 is 0.660 bits per heavy atom. The smallest absolute Gasteiger partial charge is 0.260 e. The van der Waals surface area contributed by atoms with Crippen LogP contribution in [0.3, 0.4) is 0 Å². The Kier molecular flexibility index (Phi) is 7.54. The molecular weight excluding hydrogens is 647 g/mol. The van der Waals surface area contributed by atoms with Crippen molar-refractivity contribution < 1.29 is 9.47 Å². The molecule has 0 saturated heterocycles. The Morgan fingerprint density at radius 1 is 0.302 bits per heavy atom. The standard InChI is InChI=1S/C48H33BN2O2/c1-6-16-34(17-7-1)35-30-46-48-47(31-35)53-45-33-41(51(38-22-12-4-13-23-38)39-24-14-5-15-25-39)27-29-43(45)49(48)42-28-26-40(32-44(42)52-46)50(36-18-8-2-9-19-36)37-20-10-3-11-21-37/h1-33H. The molecule has 0 unspecified atom stereocenters. The van der Waals surface area contributed by atoms with Crippen molar-refractivity contribution >= 4 is 57.2 Å². The lowest BCUT2D eigenvalue weighted by Crippen LogP contribution is -2.57. The van der Waals surface area contributed by atoms with Crippen molar-refractivity contribution in [2.45, 2.75) is 0 Å². The van der Waals surface area contributed by atoms with Crippen molar-refractivity contribution in [3.8, 4) is 34.1 Å². The summed E-state index contributed by atoms with van der Waals surface area (Å²) in [7, 11) is 0. The lowest BCUT2D eigenvalue weighted by molar-refractivity contribution is 0.465. The normalized spacial score (nSPS) is 12.0. The van der Waals surface area contributed by atoms with Crippen LogP contribution in [0, 0.1) is 0 Å². The second kappa shape index (κ2) is 13.0. The molecule has 0 N–H and O–H groups in total. The zero-order valence-electron chi connectivity index (χ0n) is 28.8. The Balaban J connectivity index is 1.15. The van der Waals surface area contributed by atoms with Crippen molar-refractivity contribution in [1.82, 2.24) is 0 Å². The van der Waals surface area contributed by atoms with Gasteiger partial charge in [0.2, 0.25) is 0 Å². The predicted octanol–water partition coefficient (Wildman–Crippen LogP) is 11.0. The second-order valence-corrected chi connectivity index (χ2v) is 13.3. The highest BCUT2D eigenvalue weighted by molar-refractivity contribution is 6.98. The summed E-state index contributed by atoms with van der Waals surface area (Å²) >= 11 is 0. The summed E-state index contributed by atoms with van der Waals surface area (Å²) in [6.45, 7) is -0.0794. The Morgan fingerprint density at radius 3 is 1.04 bits per heavy atom. The fourth-order valence-corrected chi connectivity index (χ4v) is 7.75. The molecule has 8 aromatic rings. The maximum absolute atomic E-state index is 6.93. The van der Waals surface area contributed by atoms with Crippen molar-refractivity contribution in [3.05, 3.63) is 200 Å². The Labute approximate surface area is 309 Å². The van der Waals surface area contributed by atoms with Crippen LogP contribution < -0.4 is 35.7 Å². The van der Waals surface area contributed by atoms with Crippen LogP contribution in [0.4, 0.5) is 34.1 Å². The van der Waals surface area contributed by atoms with Gasteiger partial charge in [-0.05, 0) is 94.8 Å². The first-order valence-corrected chi connectivity index (χ1v) is 18.0. The van der Waals surface area contributed by atoms with Gasteiger partial charge < -0.3 is 19.3 Å². The molecule has 0 atom stereocenters. The number of para-hydroxylation sites is 4. The van der Waals surface area contributed by atoms with Crippen LogP contribution >= 0.6 is 0 Å². The van der Waals surface area contributed by atoms with E-state index in [1.165, 1.54) is 0 Å². The van der Waals surface area contributed by atoms with Crippen molar-refractivity contribution in [2.24, 2.45) is 0 Å². The van der Waals surface area contributed by atoms with E-state index in [1.807, 2.05) is 6.07 Å². The van der Waals surface area contributed by atoms with E-state index in [0.717, 1.165) is 84.6 Å². The third-order valence-electron chi connectivity index (χ3n) is 10.1. The molecule has 0 aromatic heterocycles. The van der Waals surface area contributed by atoms with E-state index in [2.05, 4.69) is 204 Å². The predicted molar refractivity (Wildman–Crippen MR) is 219 cm³/mol. The molecule has 8 aromatic carbocycles. The fourth-order valence-electron chi connectivity index (χ4n) is 7.75. The molecule has 4 nitrogen and oxygen atoms in total.